The first-order valence-electron chi connectivity index (χ1n) is 6.40. The molecule has 0 radical (unpaired) electrons. The Morgan fingerprint density at radius 1 is 1.52 bits per heavy atom. The smallest absolute Gasteiger partial charge is 0.318 e. The van der Waals surface area contributed by atoms with Gasteiger partial charge in [-0.15, -0.1) is 11.3 Å². The van der Waals surface area contributed by atoms with Gasteiger partial charge in [0.05, 0.1) is 12.6 Å². The van der Waals surface area contributed by atoms with Gasteiger partial charge in [-0.3, -0.25) is 0 Å². The summed E-state index contributed by atoms with van der Waals surface area (Å²) in [5.74, 6) is 0. The molecule has 0 aromatic carbocycles. The number of carbonyl (C=O) groups excluding carboxylic acids is 1. The quantitative estimate of drug-likeness (QED) is 0.914. The third-order valence-corrected chi connectivity index (χ3v) is 6.17. The minimum Gasteiger partial charge on any atom is -0.333 e. The van der Waals surface area contributed by atoms with Crippen molar-refractivity contribution in [3.8, 4) is 0 Å². The standard InChI is InChI=1S/C12H16F2N2O3S2/c1-21(18,19)10-5-4-8(20-10)7-15-12(17)16-6-2-3-9(16)11(13)14/h4-5,9,11H,2-3,6-7H2,1H3,(H,15,17)/t9-/m0/s1. The zero-order valence-electron chi connectivity index (χ0n) is 11.4. The van der Waals surface area contributed by atoms with Crippen molar-refractivity contribution in [2.75, 3.05) is 12.8 Å². The molecule has 1 aromatic heterocycles. The molecule has 2 rings (SSSR count). The van der Waals surface area contributed by atoms with Crippen molar-refractivity contribution in [1.82, 2.24) is 10.2 Å². The van der Waals surface area contributed by atoms with E-state index in [-0.39, 0.29) is 10.8 Å². The Morgan fingerprint density at radius 3 is 2.81 bits per heavy atom. The lowest BCUT2D eigenvalue weighted by Crippen LogP contribution is -2.45. The van der Waals surface area contributed by atoms with Crippen LogP contribution in [-0.4, -0.2) is 44.6 Å². The van der Waals surface area contributed by atoms with Crippen LogP contribution in [0, 0.1) is 0 Å². The number of hydrogen-bond donors (Lipinski definition) is 1. The summed E-state index contributed by atoms with van der Waals surface area (Å²) in [7, 11) is -3.26. The van der Waals surface area contributed by atoms with Crippen LogP contribution >= 0.6 is 11.3 Å². The summed E-state index contributed by atoms with van der Waals surface area (Å²) in [5, 5.41) is 2.56. The molecule has 0 saturated carbocycles. The summed E-state index contributed by atoms with van der Waals surface area (Å²) in [6.45, 7) is 0.450. The number of halogens is 2. The molecule has 1 atom stereocenters. The largest absolute Gasteiger partial charge is 0.333 e. The molecule has 118 valence electrons. The zero-order chi connectivity index (χ0) is 15.6. The SMILES string of the molecule is CS(=O)(=O)c1ccc(CNC(=O)N2CCC[C@H]2C(F)F)s1. The first-order chi connectivity index (χ1) is 9.79. The van der Waals surface area contributed by atoms with Crippen LogP contribution in [0.4, 0.5) is 13.6 Å². The first-order valence-corrected chi connectivity index (χ1v) is 9.11. The second-order valence-electron chi connectivity index (χ2n) is 4.89. The predicted octanol–water partition coefficient (Wildman–Crippen LogP) is 2.09. The molecule has 0 aliphatic carbocycles. The van der Waals surface area contributed by atoms with Crippen molar-refractivity contribution in [2.45, 2.75) is 36.1 Å². The van der Waals surface area contributed by atoms with Crippen LogP contribution < -0.4 is 5.32 Å². The summed E-state index contributed by atoms with van der Waals surface area (Å²) in [6, 6.07) is 1.52. The number of carbonyl (C=O) groups is 1. The van der Waals surface area contributed by atoms with Gasteiger partial charge in [0.1, 0.15) is 4.21 Å². The minimum atomic E-state index is -3.26. The van der Waals surface area contributed by atoms with Crippen LogP contribution in [-0.2, 0) is 16.4 Å². The topological polar surface area (TPSA) is 66.5 Å². The maximum atomic E-state index is 12.8. The van der Waals surface area contributed by atoms with E-state index in [0.29, 0.717) is 24.3 Å². The van der Waals surface area contributed by atoms with E-state index in [1.807, 2.05) is 0 Å². The van der Waals surface area contributed by atoms with Crippen molar-refractivity contribution < 1.29 is 22.0 Å². The van der Waals surface area contributed by atoms with E-state index >= 15 is 0 Å². The van der Waals surface area contributed by atoms with Crippen LogP contribution in [0.2, 0.25) is 0 Å². The third-order valence-electron chi connectivity index (χ3n) is 3.27. The molecular weight excluding hydrogens is 322 g/mol. The maximum Gasteiger partial charge on any atom is 0.318 e. The highest BCUT2D eigenvalue weighted by molar-refractivity contribution is 7.92. The van der Waals surface area contributed by atoms with Gasteiger partial charge in [-0.2, -0.15) is 0 Å². The number of nitrogens with zero attached hydrogens (tertiary/aromatic N) is 1. The Balaban J connectivity index is 1.94. The molecule has 21 heavy (non-hydrogen) atoms. The Bertz CT molecular complexity index is 616. The highest BCUT2D eigenvalue weighted by atomic mass is 32.2. The number of thiophene rings is 1. The number of rotatable bonds is 4. The van der Waals surface area contributed by atoms with Crippen LogP contribution in [0.3, 0.4) is 0 Å². The number of amides is 2. The van der Waals surface area contributed by atoms with E-state index in [0.717, 1.165) is 22.5 Å². The molecule has 9 heteroatoms. The van der Waals surface area contributed by atoms with Crippen molar-refractivity contribution in [2.24, 2.45) is 0 Å². The number of sulfone groups is 1. The Kier molecular flexibility index (Phi) is 4.82. The fourth-order valence-corrected chi connectivity index (χ4v) is 4.14. The molecule has 1 fully saturated rings. The van der Waals surface area contributed by atoms with Gasteiger partial charge in [0, 0.05) is 17.7 Å². The Hall–Kier alpha value is -1.22. The molecule has 1 aliphatic rings. The van der Waals surface area contributed by atoms with Gasteiger partial charge in [0.15, 0.2) is 9.84 Å². The van der Waals surface area contributed by atoms with E-state index in [2.05, 4.69) is 5.32 Å². The van der Waals surface area contributed by atoms with Crippen LogP contribution in [0.15, 0.2) is 16.3 Å². The van der Waals surface area contributed by atoms with Crippen molar-refractivity contribution in [3.05, 3.63) is 17.0 Å². The van der Waals surface area contributed by atoms with E-state index in [9.17, 15) is 22.0 Å². The van der Waals surface area contributed by atoms with Crippen LogP contribution in [0.25, 0.3) is 0 Å². The molecule has 1 N–H and O–H groups in total. The molecule has 1 aliphatic heterocycles. The average Bonchev–Trinajstić information content (AvgIpc) is 3.04. The van der Waals surface area contributed by atoms with Gasteiger partial charge < -0.3 is 10.2 Å². The summed E-state index contributed by atoms with van der Waals surface area (Å²) < 4.78 is 48.4. The fourth-order valence-electron chi connectivity index (χ4n) is 2.22. The van der Waals surface area contributed by atoms with Crippen LogP contribution in [0.5, 0.6) is 0 Å². The normalized spacial score (nSPS) is 19.2. The summed E-state index contributed by atoms with van der Waals surface area (Å²) >= 11 is 1.06. The second-order valence-corrected chi connectivity index (χ2v) is 8.30. The van der Waals surface area contributed by atoms with E-state index in [4.69, 9.17) is 0 Å². The number of alkyl halides is 2. The van der Waals surface area contributed by atoms with Gasteiger partial charge in [0.25, 0.3) is 6.43 Å². The zero-order valence-corrected chi connectivity index (χ0v) is 13.0. The summed E-state index contributed by atoms with van der Waals surface area (Å²) in [6.07, 6.45) is -0.558. The highest BCUT2D eigenvalue weighted by Gasteiger charge is 2.35. The van der Waals surface area contributed by atoms with E-state index < -0.39 is 28.3 Å². The number of hydrogen-bond acceptors (Lipinski definition) is 4. The Labute approximate surface area is 125 Å². The first kappa shape index (κ1) is 16.2. The van der Waals surface area contributed by atoms with Gasteiger partial charge in [-0.1, -0.05) is 0 Å². The van der Waals surface area contributed by atoms with Gasteiger partial charge in [-0.05, 0) is 25.0 Å². The minimum absolute atomic E-state index is 0.130. The third kappa shape index (κ3) is 3.91. The number of urea groups is 1. The second kappa shape index (κ2) is 6.27. The van der Waals surface area contributed by atoms with Gasteiger partial charge in [-0.25, -0.2) is 22.0 Å². The van der Waals surface area contributed by atoms with E-state index in [1.54, 1.807) is 6.07 Å². The molecule has 2 amide bonds. The van der Waals surface area contributed by atoms with Crippen LogP contribution in [0.1, 0.15) is 17.7 Å². The fraction of sp³-hybridized carbons (Fsp3) is 0.583. The lowest BCUT2D eigenvalue weighted by molar-refractivity contribution is 0.0606. The molecule has 2 heterocycles. The average molecular weight is 338 g/mol. The maximum absolute atomic E-state index is 12.8. The molecule has 0 spiro atoms. The molecule has 0 unspecified atom stereocenters. The van der Waals surface area contributed by atoms with Crippen molar-refractivity contribution >= 4 is 27.2 Å². The molecule has 1 aromatic rings. The lowest BCUT2D eigenvalue weighted by Gasteiger charge is -2.24. The monoisotopic (exact) mass is 338 g/mol. The van der Waals surface area contributed by atoms with E-state index in [1.165, 1.54) is 6.07 Å². The van der Waals surface area contributed by atoms with Crippen molar-refractivity contribution in [3.63, 3.8) is 0 Å². The lowest BCUT2D eigenvalue weighted by atomic mass is 10.2. The number of nitrogens with one attached hydrogen (secondary N) is 1. The molecular formula is C12H16F2N2O3S2. The highest BCUT2D eigenvalue weighted by Crippen LogP contribution is 2.24. The molecule has 0 bridgehead atoms. The Morgan fingerprint density at radius 2 is 2.24 bits per heavy atom. The van der Waals surface area contributed by atoms with Crippen molar-refractivity contribution in [1.29, 1.82) is 0 Å². The predicted molar refractivity (Wildman–Crippen MR) is 75.4 cm³/mol. The molecule has 1 saturated heterocycles. The van der Waals surface area contributed by atoms with Gasteiger partial charge in [0.2, 0.25) is 0 Å². The molecule has 5 nitrogen and oxygen atoms in total. The van der Waals surface area contributed by atoms with Gasteiger partial charge >= 0.3 is 6.03 Å². The number of likely N-dealkylation sites (tertiary alicyclic amines) is 1. The summed E-state index contributed by atoms with van der Waals surface area (Å²) in [4.78, 5) is 13.7. The summed E-state index contributed by atoms with van der Waals surface area (Å²) in [5.41, 5.74) is 0.